The summed E-state index contributed by atoms with van der Waals surface area (Å²) in [4.78, 5) is 27.3. The number of hydrogen-bond donors (Lipinski definition) is 1. The van der Waals surface area contributed by atoms with Gasteiger partial charge in [-0.3, -0.25) is 4.79 Å². The van der Waals surface area contributed by atoms with Crippen molar-refractivity contribution in [2.45, 2.75) is 30.4 Å². The lowest BCUT2D eigenvalue weighted by molar-refractivity contribution is 0.0600. The fraction of sp³-hybridized carbons (Fsp3) is 0.333. The number of carbonyl (C=O) groups is 1. The Labute approximate surface area is 197 Å². The minimum absolute atomic E-state index is 0.0111. The van der Waals surface area contributed by atoms with Crippen molar-refractivity contribution in [1.29, 1.82) is 0 Å². The van der Waals surface area contributed by atoms with Crippen molar-refractivity contribution in [2.24, 2.45) is 0 Å². The standard InChI is InChI=1S/C24H26N2O7S/c1-31-19-7-10-22-17(13-19)12-18(23(27)25-22)14-26(15-20-4-3-11-33-20)34(29,30)21-8-5-16(6-9-21)24(28)32-2/h5-10,12-13,20H,3-4,11,14-15H2,1-2H3,(H,25,27)/t20-/m1/s1. The van der Waals surface area contributed by atoms with Gasteiger partial charge in [0.15, 0.2) is 0 Å². The Bertz CT molecular complexity index is 1340. The Hall–Kier alpha value is -3.21. The molecule has 2 aromatic carbocycles. The summed E-state index contributed by atoms with van der Waals surface area (Å²) in [6.45, 7) is 0.544. The number of fused-ring (bicyclic) bond motifs is 1. The first kappa shape index (κ1) is 23.9. The average molecular weight is 487 g/mol. The third kappa shape index (κ3) is 4.98. The number of nitrogens with zero attached hydrogens (tertiary/aromatic N) is 1. The van der Waals surface area contributed by atoms with Crippen molar-refractivity contribution in [3.05, 3.63) is 70.0 Å². The molecule has 34 heavy (non-hydrogen) atoms. The minimum Gasteiger partial charge on any atom is -0.497 e. The number of hydrogen-bond acceptors (Lipinski definition) is 7. The van der Waals surface area contributed by atoms with Crippen LogP contribution in [0.15, 0.2) is 58.2 Å². The molecule has 1 aliphatic heterocycles. The van der Waals surface area contributed by atoms with Crippen LogP contribution in [-0.4, -0.2) is 57.2 Å². The lowest BCUT2D eigenvalue weighted by atomic mass is 10.1. The molecule has 0 radical (unpaired) electrons. The van der Waals surface area contributed by atoms with Gasteiger partial charge in [0.1, 0.15) is 5.75 Å². The summed E-state index contributed by atoms with van der Waals surface area (Å²) in [6, 6.07) is 12.5. The topological polar surface area (TPSA) is 115 Å². The van der Waals surface area contributed by atoms with Crippen molar-refractivity contribution < 1.29 is 27.4 Å². The number of H-pyrrole nitrogens is 1. The van der Waals surface area contributed by atoms with E-state index in [9.17, 15) is 18.0 Å². The molecule has 10 heteroatoms. The minimum atomic E-state index is -4.00. The molecule has 3 aromatic rings. The lowest BCUT2D eigenvalue weighted by Gasteiger charge is -2.25. The number of ether oxygens (including phenoxy) is 3. The average Bonchev–Trinajstić information content (AvgIpc) is 3.36. The Morgan fingerprint density at radius 2 is 1.91 bits per heavy atom. The molecule has 1 aromatic heterocycles. The van der Waals surface area contributed by atoms with Crippen LogP contribution in [0.2, 0.25) is 0 Å². The highest BCUT2D eigenvalue weighted by atomic mass is 32.2. The maximum absolute atomic E-state index is 13.6. The van der Waals surface area contributed by atoms with E-state index < -0.39 is 16.0 Å². The zero-order valence-electron chi connectivity index (χ0n) is 18.9. The number of rotatable bonds is 8. The molecule has 1 fully saturated rings. The van der Waals surface area contributed by atoms with E-state index in [-0.39, 0.29) is 35.2 Å². The smallest absolute Gasteiger partial charge is 0.337 e. The number of carbonyl (C=O) groups excluding carboxylic acids is 1. The van der Waals surface area contributed by atoms with Gasteiger partial charge < -0.3 is 19.2 Å². The second-order valence-electron chi connectivity index (χ2n) is 8.03. The van der Waals surface area contributed by atoms with E-state index in [4.69, 9.17) is 9.47 Å². The molecule has 0 bridgehead atoms. The quantitative estimate of drug-likeness (QED) is 0.487. The fourth-order valence-corrected chi connectivity index (χ4v) is 5.41. The van der Waals surface area contributed by atoms with Crippen molar-refractivity contribution in [3.8, 4) is 5.75 Å². The molecule has 1 atom stereocenters. The van der Waals surface area contributed by atoms with Crippen LogP contribution < -0.4 is 10.3 Å². The number of methoxy groups -OCH3 is 2. The van der Waals surface area contributed by atoms with Gasteiger partial charge in [0.2, 0.25) is 10.0 Å². The van der Waals surface area contributed by atoms with Crippen LogP contribution in [-0.2, 0) is 26.0 Å². The molecule has 9 nitrogen and oxygen atoms in total. The molecule has 0 spiro atoms. The first-order chi connectivity index (χ1) is 16.3. The third-order valence-electron chi connectivity index (χ3n) is 5.82. The van der Waals surface area contributed by atoms with Crippen molar-refractivity contribution in [1.82, 2.24) is 9.29 Å². The van der Waals surface area contributed by atoms with Crippen LogP contribution in [0, 0.1) is 0 Å². The Morgan fingerprint density at radius 3 is 2.56 bits per heavy atom. The Morgan fingerprint density at radius 1 is 1.15 bits per heavy atom. The summed E-state index contributed by atoms with van der Waals surface area (Å²) < 4.78 is 44.0. The summed E-state index contributed by atoms with van der Waals surface area (Å²) in [5, 5.41) is 0.728. The largest absolute Gasteiger partial charge is 0.497 e. The zero-order valence-corrected chi connectivity index (χ0v) is 19.8. The number of nitrogens with one attached hydrogen (secondary N) is 1. The summed E-state index contributed by atoms with van der Waals surface area (Å²) >= 11 is 0. The SMILES string of the molecule is COC(=O)c1ccc(S(=O)(=O)N(Cc2cc3cc(OC)ccc3[nH]c2=O)C[C@H]2CCCO2)cc1. The molecule has 1 aliphatic rings. The molecule has 1 N–H and O–H groups in total. The zero-order chi connectivity index (χ0) is 24.3. The van der Waals surface area contributed by atoms with Crippen LogP contribution in [0.25, 0.3) is 10.9 Å². The first-order valence-corrected chi connectivity index (χ1v) is 12.3. The fourth-order valence-electron chi connectivity index (χ4n) is 3.96. The highest BCUT2D eigenvalue weighted by Gasteiger charge is 2.30. The van der Waals surface area contributed by atoms with Gasteiger partial charge >= 0.3 is 5.97 Å². The van der Waals surface area contributed by atoms with E-state index in [1.54, 1.807) is 31.4 Å². The number of benzene rings is 2. The second kappa shape index (κ2) is 9.96. The molecule has 0 aliphatic carbocycles. The number of esters is 1. The number of pyridine rings is 1. The Kier molecular flexibility index (Phi) is 7.01. The van der Waals surface area contributed by atoms with Crippen LogP contribution in [0.4, 0.5) is 0 Å². The number of aromatic nitrogens is 1. The van der Waals surface area contributed by atoms with Gasteiger partial charge in [0.05, 0.1) is 30.8 Å². The van der Waals surface area contributed by atoms with E-state index in [1.807, 2.05) is 0 Å². The predicted octanol–water partition coefficient (Wildman–Crippen LogP) is 2.69. The summed E-state index contributed by atoms with van der Waals surface area (Å²) in [5.74, 6) is 0.0679. The van der Waals surface area contributed by atoms with Crippen molar-refractivity contribution >= 4 is 26.9 Å². The van der Waals surface area contributed by atoms with E-state index in [0.29, 0.717) is 23.4 Å². The van der Waals surface area contributed by atoms with Gasteiger partial charge in [0.25, 0.3) is 5.56 Å². The van der Waals surface area contributed by atoms with Gasteiger partial charge in [0, 0.05) is 36.2 Å². The van der Waals surface area contributed by atoms with Crippen LogP contribution >= 0.6 is 0 Å². The summed E-state index contributed by atoms with van der Waals surface area (Å²) in [5.41, 5.74) is 0.799. The molecule has 180 valence electrons. The van der Waals surface area contributed by atoms with Gasteiger partial charge in [-0.1, -0.05) is 0 Å². The maximum Gasteiger partial charge on any atom is 0.337 e. The van der Waals surface area contributed by atoms with Gasteiger partial charge in [-0.05, 0) is 61.4 Å². The highest BCUT2D eigenvalue weighted by Crippen LogP contribution is 2.24. The van der Waals surface area contributed by atoms with E-state index >= 15 is 0 Å². The predicted molar refractivity (Wildman–Crippen MR) is 125 cm³/mol. The summed E-state index contributed by atoms with van der Waals surface area (Å²) in [6.07, 6.45) is 1.32. The number of aromatic amines is 1. The molecule has 0 amide bonds. The van der Waals surface area contributed by atoms with Gasteiger partial charge in [-0.15, -0.1) is 0 Å². The maximum atomic E-state index is 13.6. The monoisotopic (exact) mass is 486 g/mol. The van der Waals surface area contributed by atoms with Gasteiger partial charge in [-0.2, -0.15) is 4.31 Å². The number of sulfonamides is 1. The van der Waals surface area contributed by atoms with E-state index in [0.717, 1.165) is 18.2 Å². The van der Waals surface area contributed by atoms with Crippen LogP contribution in [0.1, 0.15) is 28.8 Å². The molecule has 2 heterocycles. The molecular weight excluding hydrogens is 460 g/mol. The second-order valence-corrected chi connectivity index (χ2v) is 9.96. The third-order valence-corrected chi connectivity index (χ3v) is 7.65. The highest BCUT2D eigenvalue weighted by molar-refractivity contribution is 7.89. The Balaban J connectivity index is 1.70. The van der Waals surface area contributed by atoms with E-state index in [1.165, 1.54) is 35.7 Å². The molecule has 1 saturated heterocycles. The van der Waals surface area contributed by atoms with E-state index in [2.05, 4.69) is 9.72 Å². The molecule has 4 rings (SSSR count). The first-order valence-electron chi connectivity index (χ1n) is 10.8. The summed E-state index contributed by atoms with van der Waals surface area (Å²) in [7, 11) is -1.19. The molecular formula is C24H26N2O7S. The lowest BCUT2D eigenvalue weighted by Crippen LogP contribution is -2.38. The van der Waals surface area contributed by atoms with Crippen LogP contribution in [0.3, 0.4) is 0 Å². The van der Waals surface area contributed by atoms with Gasteiger partial charge in [-0.25, -0.2) is 13.2 Å². The van der Waals surface area contributed by atoms with Crippen LogP contribution in [0.5, 0.6) is 5.75 Å². The van der Waals surface area contributed by atoms with Crippen molar-refractivity contribution in [3.63, 3.8) is 0 Å². The normalized spacial score (nSPS) is 16.1. The molecule has 0 saturated carbocycles. The molecule has 0 unspecified atom stereocenters. The van der Waals surface area contributed by atoms with Crippen molar-refractivity contribution in [2.75, 3.05) is 27.4 Å².